The molecule has 0 aliphatic carbocycles. The summed E-state index contributed by atoms with van der Waals surface area (Å²) in [5, 5.41) is 0. The Labute approximate surface area is 80.3 Å². The van der Waals surface area contributed by atoms with Gasteiger partial charge in [-0.1, -0.05) is 20.8 Å². The van der Waals surface area contributed by atoms with Gasteiger partial charge in [0.2, 0.25) is 5.91 Å². The van der Waals surface area contributed by atoms with Gasteiger partial charge >= 0.3 is 0 Å². The second-order valence-corrected chi connectivity index (χ2v) is 4.96. The van der Waals surface area contributed by atoms with Gasteiger partial charge in [-0.05, 0) is 17.9 Å². The molecular weight excluding hydrogens is 164 g/mol. The average molecular weight is 184 g/mol. The summed E-state index contributed by atoms with van der Waals surface area (Å²) in [6.07, 6.45) is 0.685. The highest BCUT2D eigenvalue weighted by Crippen LogP contribution is 2.30. The van der Waals surface area contributed by atoms with E-state index in [0.717, 1.165) is 13.1 Å². The van der Waals surface area contributed by atoms with E-state index in [1.54, 1.807) is 0 Å². The van der Waals surface area contributed by atoms with Gasteiger partial charge in [0.05, 0.1) is 0 Å². The molecule has 0 radical (unpaired) electrons. The molecule has 0 spiro atoms. The summed E-state index contributed by atoms with van der Waals surface area (Å²) >= 11 is 0. The van der Waals surface area contributed by atoms with Crippen molar-refractivity contribution in [2.45, 2.75) is 27.2 Å². The van der Waals surface area contributed by atoms with Crippen LogP contribution in [-0.2, 0) is 4.79 Å². The highest BCUT2D eigenvalue weighted by molar-refractivity contribution is 5.79. The molecule has 0 bridgehead atoms. The van der Waals surface area contributed by atoms with Gasteiger partial charge in [-0.2, -0.15) is 0 Å². The first kappa shape index (κ1) is 10.5. The molecule has 2 N–H and O–H groups in total. The van der Waals surface area contributed by atoms with Crippen LogP contribution in [0.2, 0.25) is 0 Å². The quantitative estimate of drug-likeness (QED) is 0.706. The van der Waals surface area contributed by atoms with Gasteiger partial charge in [0.1, 0.15) is 0 Å². The van der Waals surface area contributed by atoms with Gasteiger partial charge in [-0.15, -0.1) is 0 Å². The lowest BCUT2D eigenvalue weighted by Crippen LogP contribution is -2.33. The zero-order valence-electron chi connectivity index (χ0n) is 8.84. The monoisotopic (exact) mass is 184 g/mol. The Kier molecular flexibility index (Phi) is 2.96. The third-order valence-electron chi connectivity index (χ3n) is 2.54. The van der Waals surface area contributed by atoms with Crippen molar-refractivity contribution in [2.24, 2.45) is 17.1 Å². The third kappa shape index (κ3) is 2.69. The van der Waals surface area contributed by atoms with Crippen LogP contribution < -0.4 is 5.73 Å². The minimum atomic E-state index is 0.158. The van der Waals surface area contributed by atoms with Crippen molar-refractivity contribution < 1.29 is 4.79 Å². The maximum atomic E-state index is 11.5. The van der Waals surface area contributed by atoms with Crippen LogP contribution in [0.4, 0.5) is 0 Å². The van der Waals surface area contributed by atoms with Gasteiger partial charge in [-0.3, -0.25) is 4.79 Å². The predicted octanol–water partition coefficient (Wildman–Crippen LogP) is 0.840. The van der Waals surface area contributed by atoms with Gasteiger partial charge in [-0.25, -0.2) is 0 Å². The molecule has 13 heavy (non-hydrogen) atoms. The lowest BCUT2D eigenvalue weighted by atomic mass is 9.93. The number of likely N-dealkylation sites (tertiary alicyclic amines) is 1. The maximum absolute atomic E-state index is 11.5. The van der Waals surface area contributed by atoms with Gasteiger partial charge in [0.25, 0.3) is 0 Å². The van der Waals surface area contributed by atoms with E-state index < -0.39 is 0 Å². The first-order valence-electron chi connectivity index (χ1n) is 4.92. The van der Waals surface area contributed by atoms with Crippen molar-refractivity contribution in [2.75, 3.05) is 19.6 Å². The number of rotatable bonds is 3. The fraction of sp³-hybridized carbons (Fsp3) is 0.900. The minimum Gasteiger partial charge on any atom is -0.342 e. The molecular formula is C10H20N2O. The lowest BCUT2D eigenvalue weighted by Gasteiger charge is -2.22. The van der Waals surface area contributed by atoms with E-state index in [-0.39, 0.29) is 11.3 Å². The molecule has 1 fully saturated rings. The van der Waals surface area contributed by atoms with Gasteiger partial charge in [0.15, 0.2) is 0 Å². The summed E-state index contributed by atoms with van der Waals surface area (Å²) in [6, 6.07) is 0. The van der Waals surface area contributed by atoms with Gasteiger partial charge < -0.3 is 10.6 Å². The highest BCUT2D eigenvalue weighted by atomic mass is 16.2. The lowest BCUT2D eigenvalue weighted by molar-refractivity contribution is -0.128. The number of carbonyl (C=O) groups excluding carboxylic acids is 1. The Balaban J connectivity index is 2.49. The standard InChI is InChI=1S/C10H20N2O/c1-8(5-11)6-12-7-10(2,3)4-9(12)13/h8H,4-7,11H2,1-3H3. The first-order chi connectivity index (χ1) is 5.94. The largest absolute Gasteiger partial charge is 0.342 e. The van der Waals surface area contributed by atoms with Crippen molar-refractivity contribution in [3.8, 4) is 0 Å². The van der Waals surface area contributed by atoms with E-state index in [2.05, 4.69) is 20.8 Å². The minimum absolute atomic E-state index is 0.158. The number of amides is 1. The zero-order valence-corrected chi connectivity index (χ0v) is 8.84. The summed E-state index contributed by atoms with van der Waals surface area (Å²) in [7, 11) is 0. The van der Waals surface area contributed by atoms with Crippen LogP contribution in [0.5, 0.6) is 0 Å². The molecule has 0 aromatic heterocycles. The summed E-state index contributed by atoms with van der Waals surface area (Å²) in [5.41, 5.74) is 5.68. The van der Waals surface area contributed by atoms with Crippen LogP contribution >= 0.6 is 0 Å². The summed E-state index contributed by atoms with van der Waals surface area (Å²) in [4.78, 5) is 13.5. The number of carbonyl (C=O) groups is 1. The normalized spacial score (nSPS) is 23.7. The maximum Gasteiger partial charge on any atom is 0.223 e. The topological polar surface area (TPSA) is 46.3 Å². The van der Waals surface area contributed by atoms with E-state index in [1.807, 2.05) is 4.90 Å². The molecule has 1 saturated heterocycles. The molecule has 1 aliphatic rings. The van der Waals surface area contributed by atoms with Crippen molar-refractivity contribution in [1.82, 2.24) is 4.90 Å². The molecule has 1 unspecified atom stereocenters. The van der Waals surface area contributed by atoms with Crippen LogP contribution in [0, 0.1) is 11.3 Å². The van der Waals surface area contributed by atoms with E-state index in [0.29, 0.717) is 18.9 Å². The molecule has 0 aromatic carbocycles. The van der Waals surface area contributed by atoms with Crippen LogP contribution in [-0.4, -0.2) is 30.4 Å². The summed E-state index contributed by atoms with van der Waals surface area (Å²) in [5.74, 6) is 0.697. The van der Waals surface area contributed by atoms with Crippen LogP contribution in [0.15, 0.2) is 0 Å². The first-order valence-corrected chi connectivity index (χ1v) is 4.92. The van der Waals surface area contributed by atoms with Crippen molar-refractivity contribution in [1.29, 1.82) is 0 Å². The van der Waals surface area contributed by atoms with Crippen molar-refractivity contribution in [3.05, 3.63) is 0 Å². The Morgan fingerprint density at radius 1 is 1.62 bits per heavy atom. The fourth-order valence-electron chi connectivity index (χ4n) is 1.80. The Bertz CT molecular complexity index is 201. The molecule has 0 aromatic rings. The number of nitrogens with two attached hydrogens (primary N) is 1. The summed E-state index contributed by atoms with van der Waals surface area (Å²) < 4.78 is 0. The Morgan fingerprint density at radius 3 is 2.62 bits per heavy atom. The zero-order chi connectivity index (χ0) is 10.1. The Morgan fingerprint density at radius 2 is 2.23 bits per heavy atom. The second-order valence-electron chi connectivity index (χ2n) is 4.96. The van der Waals surface area contributed by atoms with E-state index in [4.69, 9.17) is 5.73 Å². The molecule has 3 nitrogen and oxygen atoms in total. The SMILES string of the molecule is CC(CN)CN1CC(C)(C)CC1=O. The van der Waals surface area contributed by atoms with Crippen LogP contribution in [0.3, 0.4) is 0 Å². The second kappa shape index (κ2) is 3.66. The molecule has 1 atom stereocenters. The molecule has 1 rings (SSSR count). The van der Waals surface area contributed by atoms with E-state index in [1.165, 1.54) is 0 Å². The molecule has 76 valence electrons. The number of nitrogens with zero attached hydrogens (tertiary/aromatic N) is 1. The smallest absolute Gasteiger partial charge is 0.223 e. The molecule has 1 aliphatic heterocycles. The Hall–Kier alpha value is -0.570. The predicted molar refractivity (Wildman–Crippen MR) is 53.2 cm³/mol. The van der Waals surface area contributed by atoms with Crippen molar-refractivity contribution in [3.63, 3.8) is 0 Å². The van der Waals surface area contributed by atoms with Crippen molar-refractivity contribution >= 4 is 5.91 Å². The molecule has 1 heterocycles. The fourth-order valence-corrected chi connectivity index (χ4v) is 1.80. The third-order valence-corrected chi connectivity index (χ3v) is 2.54. The molecule has 3 heteroatoms. The van der Waals surface area contributed by atoms with E-state index in [9.17, 15) is 4.79 Å². The van der Waals surface area contributed by atoms with E-state index >= 15 is 0 Å². The van der Waals surface area contributed by atoms with Crippen LogP contribution in [0.25, 0.3) is 0 Å². The summed E-state index contributed by atoms with van der Waals surface area (Å²) in [6.45, 7) is 8.72. The number of hydrogen-bond acceptors (Lipinski definition) is 2. The molecule has 1 amide bonds. The molecule has 0 saturated carbocycles. The average Bonchev–Trinajstić information content (AvgIpc) is 2.24. The number of hydrogen-bond donors (Lipinski definition) is 1. The van der Waals surface area contributed by atoms with Crippen LogP contribution in [0.1, 0.15) is 27.2 Å². The highest BCUT2D eigenvalue weighted by Gasteiger charge is 2.35. The van der Waals surface area contributed by atoms with Gasteiger partial charge in [0, 0.05) is 19.5 Å².